The number of hydrogen-bond donors (Lipinski definition) is 5. The Hall–Kier alpha value is -2.20. The maximum absolute atomic E-state index is 11.4. The molecule has 10 nitrogen and oxygen atoms in total. The molecule has 0 aromatic heterocycles. The van der Waals surface area contributed by atoms with Crippen LogP contribution in [0.1, 0.15) is 38.5 Å². The summed E-state index contributed by atoms with van der Waals surface area (Å²) in [5, 5.41) is 36.2. The zero-order chi connectivity index (χ0) is 18.7. The van der Waals surface area contributed by atoms with Gasteiger partial charge in [0.05, 0.1) is 12.8 Å². The maximum Gasteiger partial charge on any atom is 0.321 e. The van der Waals surface area contributed by atoms with Crippen LogP contribution in [-0.2, 0) is 19.2 Å². The molecule has 0 saturated heterocycles. The topological polar surface area (TPSA) is 178 Å². The summed E-state index contributed by atoms with van der Waals surface area (Å²) in [5.41, 5.74) is 5.36. The van der Waals surface area contributed by atoms with Gasteiger partial charge in [-0.1, -0.05) is 12.8 Å². The fourth-order valence-corrected chi connectivity index (χ4v) is 2.34. The first-order valence-corrected chi connectivity index (χ1v) is 7.55. The lowest BCUT2D eigenvalue weighted by Gasteiger charge is -2.32. The molecule has 0 radical (unpaired) electrons. The van der Waals surface area contributed by atoms with Crippen molar-refractivity contribution >= 4 is 23.9 Å². The van der Waals surface area contributed by atoms with Gasteiger partial charge in [-0.25, -0.2) is 0 Å². The van der Waals surface area contributed by atoms with Crippen LogP contribution in [0.2, 0.25) is 0 Å². The van der Waals surface area contributed by atoms with Gasteiger partial charge in [0.25, 0.3) is 0 Å². The maximum atomic E-state index is 11.4. The highest BCUT2D eigenvalue weighted by atomic mass is 16.4. The minimum absolute atomic E-state index is 0.0287. The van der Waals surface area contributed by atoms with Gasteiger partial charge in [0, 0.05) is 0 Å². The molecule has 0 aromatic carbocycles. The molecule has 0 spiro atoms. The molecule has 0 aliphatic heterocycles. The highest BCUT2D eigenvalue weighted by molar-refractivity contribution is 5.84. The fourth-order valence-electron chi connectivity index (χ4n) is 2.34. The molecule has 138 valence electrons. The Morgan fingerprint density at radius 1 is 0.750 bits per heavy atom. The van der Waals surface area contributed by atoms with Crippen molar-refractivity contribution in [2.75, 3.05) is 13.1 Å². The number of carbonyl (C=O) groups is 4. The van der Waals surface area contributed by atoms with E-state index in [1.165, 1.54) is 0 Å². The average molecular weight is 348 g/mol. The van der Waals surface area contributed by atoms with Crippen molar-refractivity contribution in [3.63, 3.8) is 0 Å². The number of rotatable bonds is 14. The molecule has 0 fully saturated rings. The third-order valence-electron chi connectivity index (χ3n) is 3.48. The van der Waals surface area contributed by atoms with Crippen molar-refractivity contribution in [3.05, 3.63) is 0 Å². The molecule has 2 atom stereocenters. The molecule has 0 aliphatic rings. The molecule has 0 saturated carbocycles. The smallest absolute Gasteiger partial charge is 0.321 e. The second-order valence-electron chi connectivity index (χ2n) is 5.34. The SMILES string of the molecule is NCCCCCCN(C(CC(=O)O)C(=O)O)C(CC(=O)O)C(=O)O. The van der Waals surface area contributed by atoms with Gasteiger partial charge < -0.3 is 26.2 Å². The van der Waals surface area contributed by atoms with Gasteiger partial charge in [0.2, 0.25) is 0 Å². The molecule has 24 heavy (non-hydrogen) atoms. The van der Waals surface area contributed by atoms with E-state index in [2.05, 4.69) is 0 Å². The van der Waals surface area contributed by atoms with Crippen LogP contribution in [0, 0.1) is 0 Å². The van der Waals surface area contributed by atoms with Crippen molar-refractivity contribution < 1.29 is 39.6 Å². The van der Waals surface area contributed by atoms with E-state index in [0.717, 1.165) is 17.7 Å². The number of carboxylic acid groups (broad SMARTS) is 4. The fraction of sp³-hybridized carbons (Fsp3) is 0.714. The van der Waals surface area contributed by atoms with Gasteiger partial charge in [-0.15, -0.1) is 0 Å². The van der Waals surface area contributed by atoms with Crippen molar-refractivity contribution in [1.29, 1.82) is 0 Å². The van der Waals surface area contributed by atoms with E-state index in [1.807, 2.05) is 0 Å². The summed E-state index contributed by atoms with van der Waals surface area (Å²) < 4.78 is 0. The van der Waals surface area contributed by atoms with Crippen molar-refractivity contribution in [1.82, 2.24) is 4.90 Å². The third kappa shape index (κ3) is 8.44. The lowest BCUT2D eigenvalue weighted by Crippen LogP contribution is -2.52. The molecular formula is C14H24N2O8. The van der Waals surface area contributed by atoms with E-state index in [-0.39, 0.29) is 6.54 Å². The van der Waals surface area contributed by atoms with E-state index < -0.39 is 48.8 Å². The van der Waals surface area contributed by atoms with Crippen LogP contribution in [0.25, 0.3) is 0 Å². The molecule has 10 heteroatoms. The molecular weight excluding hydrogens is 324 g/mol. The van der Waals surface area contributed by atoms with E-state index in [0.29, 0.717) is 19.4 Å². The highest BCUT2D eigenvalue weighted by Crippen LogP contribution is 2.16. The van der Waals surface area contributed by atoms with Crippen LogP contribution < -0.4 is 5.73 Å². The monoisotopic (exact) mass is 348 g/mol. The normalized spacial score (nSPS) is 13.4. The van der Waals surface area contributed by atoms with Crippen LogP contribution in [0.3, 0.4) is 0 Å². The van der Waals surface area contributed by atoms with Gasteiger partial charge in [-0.05, 0) is 25.9 Å². The zero-order valence-corrected chi connectivity index (χ0v) is 13.3. The molecule has 2 unspecified atom stereocenters. The molecule has 0 heterocycles. The van der Waals surface area contributed by atoms with Crippen LogP contribution >= 0.6 is 0 Å². The number of aliphatic carboxylic acids is 4. The number of nitrogens with zero attached hydrogens (tertiary/aromatic N) is 1. The summed E-state index contributed by atoms with van der Waals surface area (Å²) >= 11 is 0. The lowest BCUT2D eigenvalue weighted by molar-refractivity contribution is -0.158. The Morgan fingerprint density at radius 2 is 1.17 bits per heavy atom. The molecule has 0 aromatic rings. The molecule has 0 rings (SSSR count). The van der Waals surface area contributed by atoms with Crippen LogP contribution in [0.4, 0.5) is 0 Å². The van der Waals surface area contributed by atoms with E-state index in [1.54, 1.807) is 0 Å². The van der Waals surface area contributed by atoms with Crippen molar-refractivity contribution in [2.24, 2.45) is 5.73 Å². The van der Waals surface area contributed by atoms with Gasteiger partial charge in [-0.2, -0.15) is 0 Å². The van der Waals surface area contributed by atoms with E-state index in [4.69, 9.17) is 15.9 Å². The summed E-state index contributed by atoms with van der Waals surface area (Å²) in [6.07, 6.45) is 0.940. The average Bonchev–Trinajstić information content (AvgIpc) is 2.46. The van der Waals surface area contributed by atoms with Gasteiger partial charge in [0.1, 0.15) is 12.1 Å². The lowest BCUT2D eigenvalue weighted by atomic mass is 10.0. The standard InChI is InChI=1S/C14H24N2O8/c15-5-3-1-2-4-6-16(9(13(21)22)7-11(17)18)10(14(23)24)8-12(19)20/h9-10H,1-8,15H2,(H,17,18)(H,19,20)(H,21,22)(H,23,24). The van der Waals surface area contributed by atoms with Crippen LogP contribution in [0.5, 0.6) is 0 Å². The number of carboxylic acids is 4. The van der Waals surface area contributed by atoms with E-state index >= 15 is 0 Å². The summed E-state index contributed by atoms with van der Waals surface area (Å²) in [6, 6.07) is -3.23. The zero-order valence-electron chi connectivity index (χ0n) is 13.3. The molecule has 0 amide bonds. The number of nitrogens with two attached hydrogens (primary N) is 1. The Balaban J connectivity index is 5.27. The van der Waals surface area contributed by atoms with Gasteiger partial charge >= 0.3 is 23.9 Å². The minimum atomic E-state index is -1.61. The quantitative estimate of drug-likeness (QED) is 0.261. The summed E-state index contributed by atoms with van der Waals surface area (Å²) in [5.74, 6) is -5.82. The number of hydrogen-bond acceptors (Lipinski definition) is 6. The summed E-state index contributed by atoms with van der Waals surface area (Å²) in [6.45, 7) is 0.469. The van der Waals surface area contributed by atoms with Gasteiger partial charge in [-0.3, -0.25) is 24.1 Å². The summed E-state index contributed by atoms with van der Waals surface area (Å²) in [7, 11) is 0. The predicted molar refractivity (Wildman–Crippen MR) is 81.6 cm³/mol. The Morgan fingerprint density at radius 3 is 1.50 bits per heavy atom. The second kappa shape index (κ2) is 11.4. The first-order chi connectivity index (χ1) is 11.2. The highest BCUT2D eigenvalue weighted by Gasteiger charge is 2.37. The van der Waals surface area contributed by atoms with Crippen LogP contribution in [0.15, 0.2) is 0 Å². The summed E-state index contributed by atoms with van der Waals surface area (Å²) in [4.78, 5) is 45.4. The Kier molecular flexibility index (Phi) is 10.3. The molecule has 0 bridgehead atoms. The first kappa shape index (κ1) is 21.8. The number of unbranched alkanes of at least 4 members (excludes halogenated alkanes) is 3. The first-order valence-electron chi connectivity index (χ1n) is 7.55. The Labute approximate surface area is 138 Å². The minimum Gasteiger partial charge on any atom is -0.481 e. The molecule has 0 aliphatic carbocycles. The van der Waals surface area contributed by atoms with E-state index in [9.17, 15) is 29.4 Å². The van der Waals surface area contributed by atoms with Crippen molar-refractivity contribution in [3.8, 4) is 0 Å². The largest absolute Gasteiger partial charge is 0.481 e. The Bertz CT molecular complexity index is 420. The van der Waals surface area contributed by atoms with Crippen LogP contribution in [-0.4, -0.2) is 74.4 Å². The predicted octanol–water partition coefficient (Wildman–Crippen LogP) is -0.337. The third-order valence-corrected chi connectivity index (χ3v) is 3.48. The van der Waals surface area contributed by atoms with Crippen molar-refractivity contribution in [2.45, 2.75) is 50.6 Å². The second-order valence-corrected chi connectivity index (χ2v) is 5.34. The van der Waals surface area contributed by atoms with Gasteiger partial charge in [0.15, 0.2) is 0 Å². The molecule has 6 N–H and O–H groups in total.